The van der Waals surface area contributed by atoms with Crippen LogP contribution in [0.25, 0.3) is 0 Å². The summed E-state index contributed by atoms with van der Waals surface area (Å²) < 4.78 is 19.3. The number of ether oxygens (including phenoxy) is 1. The number of anilines is 3. The van der Waals surface area contributed by atoms with E-state index in [0.29, 0.717) is 11.4 Å². The predicted octanol–water partition coefficient (Wildman–Crippen LogP) is 3.89. The summed E-state index contributed by atoms with van der Waals surface area (Å²) in [6, 6.07) is 10.6. The van der Waals surface area contributed by atoms with Crippen LogP contribution in [0.3, 0.4) is 0 Å². The van der Waals surface area contributed by atoms with Crippen molar-refractivity contribution in [3.05, 3.63) is 47.8 Å². The minimum absolute atomic E-state index is 0.0610. The molecule has 3 nitrogen and oxygen atoms in total. The highest BCUT2D eigenvalue weighted by Crippen LogP contribution is 2.41. The normalized spacial score (nSPS) is 13.6. The number of nitrogens with zero attached hydrogens (tertiary/aromatic N) is 1. The first-order valence-electron chi connectivity index (χ1n) is 7.17. The standard InChI is InChI=1S/C17H19FN2O/c1-11(2)21-16-5-3-4-14(17(16)19)20-9-8-12-6-7-13(18)10-15(12)20/h3-7,10-11H,8-9,19H2,1-2H3. The second-order valence-corrected chi connectivity index (χ2v) is 5.53. The fourth-order valence-corrected chi connectivity index (χ4v) is 2.73. The first-order chi connectivity index (χ1) is 10.1. The lowest BCUT2D eigenvalue weighted by Crippen LogP contribution is -2.16. The molecular formula is C17H19FN2O. The van der Waals surface area contributed by atoms with Gasteiger partial charge >= 0.3 is 0 Å². The molecule has 0 atom stereocenters. The van der Waals surface area contributed by atoms with Crippen molar-refractivity contribution >= 4 is 17.1 Å². The molecule has 4 heteroatoms. The zero-order chi connectivity index (χ0) is 15.0. The van der Waals surface area contributed by atoms with Gasteiger partial charge in [0.05, 0.1) is 17.5 Å². The summed E-state index contributed by atoms with van der Waals surface area (Å²) in [4.78, 5) is 2.06. The van der Waals surface area contributed by atoms with Gasteiger partial charge in [-0.1, -0.05) is 12.1 Å². The van der Waals surface area contributed by atoms with Crippen molar-refractivity contribution in [2.75, 3.05) is 17.2 Å². The molecule has 0 aromatic heterocycles. The molecule has 0 bridgehead atoms. The number of hydrogen-bond acceptors (Lipinski definition) is 3. The SMILES string of the molecule is CC(C)Oc1cccc(N2CCc3ccc(F)cc32)c1N. The van der Waals surface area contributed by atoms with Crippen molar-refractivity contribution in [2.45, 2.75) is 26.4 Å². The van der Waals surface area contributed by atoms with Crippen molar-refractivity contribution in [3.63, 3.8) is 0 Å². The second kappa shape index (κ2) is 5.28. The number of benzene rings is 2. The van der Waals surface area contributed by atoms with E-state index in [0.717, 1.165) is 29.9 Å². The molecule has 0 spiro atoms. The zero-order valence-corrected chi connectivity index (χ0v) is 12.3. The minimum Gasteiger partial charge on any atom is -0.489 e. The molecule has 0 saturated heterocycles. The summed E-state index contributed by atoms with van der Waals surface area (Å²) in [7, 11) is 0. The molecule has 1 aliphatic rings. The topological polar surface area (TPSA) is 38.5 Å². The molecule has 3 rings (SSSR count). The summed E-state index contributed by atoms with van der Waals surface area (Å²) in [5.41, 5.74) is 9.76. The van der Waals surface area contributed by atoms with Crippen molar-refractivity contribution in [2.24, 2.45) is 0 Å². The molecule has 2 aromatic rings. The molecule has 0 fully saturated rings. The summed E-state index contributed by atoms with van der Waals surface area (Å²) in [6.45, 7) is 4.73. The lowest BCUT2D eigenvalue weighted by atomic mass is 10.1. The van der Waals surface area contributed by atoms with Gasteiger partial charge in [0.1, 0.15) is 11.6 Å². The number of rotatable bonds is 3. The molecule has 0 radical (unpaired) electrons. The van der Waals surface area contributed by atoms with Crippen molar-refractivity contribution in [1.29, 1.82) is 0 Å². The Balaban J connectivity index is 2.02. The Morgan fingerprint density at radius 2 is 2.00 bits per heavy atom. The maximum atomic E-state index is 13.5. The van der Waals surface area contributed by atoms with Gasteiger partial charge in [0, 0.05) is 12.2 Å². The van der Waals surface area contributed by atoms with E-state index < -0.39 is 0 Å². The molecule has 0 amide bonds. The molecule has 2 aromatic carbocycles. The first kappa shape index (κ1) is 13.7. The summed E-state index contributed by atoms with van der Waals surface area (Å²) in [6.07, 6.45) is 0.954. The van der Waals surface area contributed by atoms with Gasteiger partial charge in [0.2, 0.25) is 0 Å². The highest BCUT2D eigenvalue weighted by atomic mass is 19.1. The van der Waals surface area contributed by atoms with E-state index in [2.05, 4.69) is 4.90 Å². The molecule has 2 N–H and O–H groups in total. The van der Waals surface area contributed by atoms with Crippen LogP contribution in [0.2, 0.25) is 0 Å². The molecule has 1 heterocycles. The highest BCUT2D eigenvalue weighted by molar-refractivity contribution is 5.81. The Bertz CT molecular complexity index is 670. The Hall–Kier alpha value is -2.23. The van der Waals surface area contributed by atoms with Gasteiger partial charge in [-0.25, -0.2) is 4.39 Å². The van der Waals surface area contributed by atoms with E-state index in [1.54, 1.807) is 6.07 Å². The van der Waals surface area contributed by atoms with E-state index in [4.69, 9.17) is 10.5 Å². The Labute approximate surface area is 124 Å². The third-order valence-corrected chi connectivity index (χ3v) is 3.64. The fraction of sp³-hybridized carbons (Fsp3) is 0.294. The van der Waals surface area contributed by atoms with Gasteiger partial charge in [0.15, 0.2) is 0 Å². The smallest absolute Gasteiger partial charge is 0.144 e. The van der Waals surface area contributed by atoms with Crippen LogP contribution in [0, 0.1) is 5.82 Å². The van der Waals surface area contributed by atoms with Crippen LogP contribution in [0.4, 0.5) is 21.5 Å². The summed E-state index contributed by atoms with van der Waals surface area (Å²) in [5, 5.41) is 0. The van der Waals surface area contributed by atoms with E-state index >= 15 is 0 Å². The molecule has 110 valence electrons. The third kappa shape index (κ3) is 2.53. The Kier molecular flexibility index (Phi) is 3.45. The second-order valence-electron chi connectivity index (χ2n) is 5.53. The monoisotopic (exact) mass is 286 g/mol. The average Bonchev–Trinajstić information content (AvgIpc) is 2.83. The maximum absolute atomic E-state index is 13.5. The van der Waals surface area contributed by atoms with Crippen molar-refractivity contribution < 1.29 is 9.13 Å². The lowest BCUT2D eigenvalue weighted by molar-refractivity contribution is 0.244. The molecule has 0 saturated carbocycles. The molecular weight excluding hydrogens is 267 g/mol. The van der Waals surface area contributed by atoms with Crippen LogP contribution in [-0.2, 0) is 6.42 Å². The quantitative estimate of drug-likeness (QED) is 0.870. The van der Waals surface area contributed by atoms with Crippen LogP contribution in [0.15, 0.2) is 36.4 Å². The zero-order valence-electron chi connectivity index (χ0n) is 12.3. The number of fused-ring (bicyclic) bond motifs is 1. The van der Waals surface area contributed by atoms with Crippen molar-refractivity contribution in [3.8, 4) is 5.75 Å². The minimum atomic E-state index is -0.228. The van der Waals surface area contributed by atoms with Crippen LogP contribution >= 0.6 is 0 Å². The number of nitrogen functional groups attached to an aromatic ring is 1. The summed E-state index contributed by atoms with van der Waals surface area (Å²) in [5.74, 6) is 0.446. The maximum Gasteiger partial charge on any atom is 0.144 e. The van der Waals surface area contributed by atoms with Gasteiger partial charge in [-0.05, 0) is 50.1 Å². The van der Waals surface area contributed by atoms with E-state index in [1.807, 2.05) is 38.1 Å². The average molecular weight is 286 g/mol. The van der Waals surface area contributed by atoms with E-state index in [-0.39, 0.29) is 11.9 Å². The van der Waals surface area contributed by atoms with Crippen molar-refractivity contribution in [1.82, 2.24) is 0 Å². The van der Waals surface area contributed by atoms with Gasteiger partial charge < -0.3 is 15.4 Å². The van der Waals surface area contributed by atoms with Crippen LogP contribution in [0.5, 0.6) is 5.75 Å². The predicted molar refractivity (Wildman–Crippen MR) is 83.7 cm³/mol. The molecule has 0 unspecified atom stereocenters. The highest BCUT2D eigenvalue weighted by Gasteiger charge is 2.23. The third-order valence-electron chi connectivity index (χ3n) is 3.64. The van der Waals surface area contributed by atoms with Crippen LogP contribution in [0.1, 0.15) is 19.4 Å². The van der Waals surface area contributed by atoms with Gasteiger partial charge in [-0.2, -0.15) is 0 Å². The van der Waals surface area contributed by atoms with Crippen LogP contribution < -0.4 is 15.4 Å². The lowest BCUT2D eigenvalue weighted by Gasteiger charge is -2.23. The van der Waals surface area contributed by atoms with E-state index in [9.17, 15) is 4.39 Å². The number of halogens is 1. The van der Waals surface area contributed by atoms with Gasteiger partial charge in [-0.15, -0.1) is 0 Å². The number of para-hydroxylation sites is 1. The van der Waals surface area contributed by atoms with Crippen LogP contribution in [-0.4, -0.2) is 12.6 Å². The number of hydrogen-bond donors (Lipinski definition) is 1. The molecule has 21 heavy (non-hydrogen) atoms. The van der Waals surface area contributed by atoms with Gasteiger partial charge in [-0.3, -0.25) is 0 Å². The fourth-order valence-electron chi connectivity index (χ4n) is 2.73. The van der Waals surface area contributed by atoms with Gasteiger partial charge in [0.25, 0.3) is 0 Å². The summed E-state index contributed by atoms with van der Waals surface area (Å²) >= 11 is 0. The van der Waals surface area contributed by atoms with E-state index in [1.165, 1.54) is 6.07 Å². The molecule has 1 aliphatic heterocycles. The Morgan fingerprint density at radius 1 is 1.19 bits per heavy atom. The first-order valence-corrected chi connectivity index (χ1v) is 7.17. The molecule has 0 aliphatic carbocycles. The largest absolute Gasteiger partial charge is 0.489 e. The number of nitrogens with two attached hydrogens (primary N) is 1. The Morgan fingerprint density at radius 3 is 2.76 bits per heavy atom.